The van der Waals surface area contributed by atoms with Crippen molar-refractivity contribution in [2.24, 2.45) is 0 Å². The predicted molar refractivity (Wildman–Crippen MR) is 112 cm³/mol. The van der Waals surface area contributed by atoms with Crippen LogP contribution in [-0.2, 0) is 14.3 Å². The highest BCUT2D eigenvalue weighted by Crippen LogP contribution is 2.27. The van der Waals surface area contributed by atoms with E-state index in [0.717, 1.165) is 19.3 Å². The van der Waals surface area contributed by atoms with E-state index in [1.165, 1.54) is 30.8 Å². The van der Waals surface area contributed by atoms with E-state index in [9.17, 15) is 19.2 Å². The minimum absolute atomic E-state index is 0.0594. The molecule has 0 unspecified atom stereocenters. The molecule has 2 aliphatic heterocycles. The summed E-state index contributed by atoms with van der Waals surface area (Å²) in [6, 6.07) is 1.20. The summed E-state index contributed by atoms with van der Waals surface area (Å²) in [7, 11) is 0. The Morgan fingerprint density at radius 2 is 1.97 bits per heavy atom. The van der Waals surface area contributed by atoms with Crippen LogP contribution in [0.1, 0.15) is 56.9 Å². The second-order valence-corrected chi connectivity index (χ2v) is 7.56. The highest BCUT2D eigenvalue weighted by molar-refractivity contribution is 5.97. The van der Waals surface area contributed by atoms with Crippen molar-refractivity contribution in [3.8, 4) is 5.75 Å². The van der Waals surface area contributed by atoms with Gasteiger partial charge in [-0.2, -0.15) is 0 Å². The first-order valence-corrected chi connectivity index (χ1v) is 10.1. The first kappa shape index (κ1) is 24.0. The molecule has 1 fully saturated rings. The van der Waals surface area contributed by atoms with Crippen molar-refractivity contribution in [2.75, 3.05) is 18.6 Å². The van der Waals surface area contributed by atoms with Gasteiger partial charge in [-0.3, -0.25) is 19.1 Å². The molecule has 1 atom stereocenters. The van der Waals surface area contributed by atoms with Crippen LogP contribution in [0.5, 0.6) is 5.75 Å². The van der Waals surface area contributed by atoms with E-state index in [1.807, 2.05) is 0 Å². The number of hydrogen-bond donors (Lipinski definition) is 1. The Morgan fingerprint density at radius 3 is 2.65 bits per heavy atom. The molecule has 0 bridgehead atoms. The molecule has 170 valence electrons. The number of carbonyl (C=O) groups excluding carboxylic acids is 3. The lowest BCUT2D eigenvalue weighted by molar-refractivity contribution is -0.147. The van der Waals surface area contributed by atoms with Crippen LogP contribution >= 0.6 is 0 Å². The summed E-state index contributed by atoms with van der Waals surface area (Å²) in [6.07, 6.45) is 2.54. The lowest BCUT2D eigenvalue weighted by Crippen LogP contribution is -2.56. The summed E-state index contributed by atoms with van der Waals surface area (Å²) in [5, 5.41) is 0. The number of piperidine rings is 1. The van der Waals surface area contributed by atoms with Crippen molar-refractivity contribution in [2.45, 2.75) is 58.2 Å². The van der Waals surface area contributed by atoms with Gasteiger partial charge in [0.25, 0.3) is 5.91 Å². The largest absolute Gasteiger partial charge is 0.514 e. The molecule has 2 aliphatic rings. The maximum absolute atomic E-state index is 12.9. The molecule has 1 amide bonds. The van der Waals surface area contributed by atoms with E-state index in [1.54, 1.807) is 11.8 Å². The fraction of sp³-hybridized carbons (Fsp3) is 0.524. The number of aromatic nitrogens is 1. The lowest BCUT2D eigenvalue weighted by Gasteiger charge is -2.41. The van der Waals surface area contributed by atoms with Crippen LogP contribution < -0.4 is 15.6 Å². The lowest BCUT2D eigenvalue weighted by atomic mass is 10.1. The molecule has 1 N–H and O–H groups in total. The molecule has 10 nitrogen and oxygen atoms in total. The Labute approximate surface area is 180 Å². The fourth-order valence-electron chi connectivity index (χ4n) is 3.46. The van der Waals surface area contributed by atoms with E-state index in [4.69, 9.17) is 14.2 Å². The SMILES string of the molecule is C=C.CCOC(=O)CC(C)(C)OC(=O)Oc1c2n(ccc1=O)N[C@@H]1CCCCN1C2=O. The van der Waals surface area contributed by atoms with Gasteiger partial charge in [0.1, 0.15) is 11.8 Å². The zero-order valence-electron chi connectivity index (χ0n) is 18.1. The number of amides is 1. The summed E-state index contributed by atoms with van der Waals surface area (Å²) in [4.78, 5) is 50.9. The van der Waals surface area contributed by atoms with Gasteiger partial charge in [0.2, 0.25) is 11.2 Å². The van der Waals surface area contributed by atoms with Gasteiger partial charge in [-0.05, 0) is 40.0 Å². The molecule has 1 aromatic heterocycles. The van der Waals surface area contributed by atoms with Crippen LogP contribution in [0.3, 0.4) is 0 Å². The van der Waals surface area contributed by atoms with Crippen LogP contribution in [-0.4, -0.2) is 52.5 Å². The molecule has 0 saturated carbocycles. The van der Waals surface area contributed by atoms with Crippen LogP contribution in [0.4, 0.5) is 4.79 Å². The van der Waals surface area contributed by atoms with Gasteiger partial charge in [-0.1, -0.05) is 0 Å². The number of carbonyl (C=O) groups is 3. The predicted octanol–water partition coefficient (Wildman–Crippen LogP) is 2.41. The van der Waals surface area contributed by atoms with Crippen LogP contribution in [0.2, 0.25) is 0 Å². The number of fused-ring (bicyclic) bond motifs is 2. The van der Waals surface area contributed by atoms with Crippen molar-refractivity contribution in [1.82, 2.24) is 9.58 Å². The molecule has 0 aromatic carbocycles. The third-order valence-electron chi connectivity index (χ3n) is 4.73. The Hall–Kier alpha value is -3.30. The van der Waals surface area contributed by atoms with Crippen LogP contribution in [0.15, 0.2) is 30.2 Å². The third-order valence-corrected chi connectivity index (χ3v) is 4.73. The first-order chi connectivity index (χ1) is 14.7. The molecule has 1 aromatic rings. The van der Waals surface area contributed by atoms with Crippen LogP contribution in [0, 0.1) is 0 Å². The maximum atomic E-state index is 12.9. The van der Waals surface area contributed by atoms with Gasteiger partial charge in [0.15, 0.2) is 5.69 Å². The number of nitrogens with zero attached hydrogens (tertiary/aromatic N) is 2. The maximum Gasteiger partial charge on any atom is 0.514 e. The van der Waals surface area contributed by atoms with E-state index in [2.05, 4.69) is 18.6 Å². The van der Waals surface area contributed by atoms with E-state index >= 15 is 0 Å². The monoisotopic (exact) mass is 435 g/mol. The molecular formula is C21H29N3O7. The van der Waals surface area contributed by atoms with Crippen molar-refractivity contribution in [3.05, 3.63) is 41.3 Å². The number of ether oxygens (including phenoxy) is 3. The Balaban J connectivity index is 0.00000166. The Morgan fingerprint density at radius 1 is 1.26 bits per heavy atom. The molecular weight excluding hydrogens is 406 g/mol. The van der Waals surface area contributed by atoms with E-state index < -0.39 is 28.9 Å². The zero-order chi connectivity index (χ0) is 23.2. The molecule has 3 heterocycles. The molecule has 1 saturated heterocycles. The molecule has 0 radical (unpaired) electrons. The summed E-state index contributed by atoms with van der Waals surface area (Å²) in [5.74, 6) is -1.33. The highest BCUT2D eigenvalue weighted by Gasteiger charge is 2.37. The van der Waals surface area contributed by atoms with Gasteiger partial charge in [-0.25, -0.2) is 4.79 Å². The van der Waals surface area contributed by atoms with E-state index in [0.29, 0.717) is 6.54 Å². The average Bonchev–Trinajstić information content (AvgIpc) is 2.71. The summed E-state index contributed by atoms with van der Waals surface area (Å²) in [5.41, 5.74) is 1.25. The zero-order valence-corrected chi connectivity index (χ0v) is 18.1. The quantitative estimate of drug-likeness (QED) is 0.554. The fourth-order valence-corrected chi connectivity index (χ4v) is 3.46. The number of esters is 1. The summed E-state index contributed by atoms with van der Waals surface area (Å²) in [6.45, 7) is 11.5. The second kappa shape index (κ2) is 10.1. The summed E-state index contributed by atoms with van der Waals surface area (Å²) < 4.78 is 16.6. The minimum atomic E-state index is -1.21. The molecule has 10 heteroatoms. The smallest absolute Gasteiger partial charge is 0.466 e. The standard InChI is InChI=1S/C19H25N3O7.C2H4/c1-4-27-14(24)11-19(2,3)29-18(26)28-16-12(23)8-10-22-15(16)17(25)21-9-6-5-7-13(21)20-22;1-2/h8,10,13,20H,4-7,9,11H2,1-3H3;1-2H2/t13-;/m0./s1. The number of pyridine rings is 1. The molecule has 3 rings (SSSR count). The van der Waals surface area contributed by atoms with Gasteiger partial charge in [-0.15, -0.1) is 13.2 Å². The molecule has 0 aliphatic carbocycles. The Kier molecular flexibility index (Phi) is 7.84. The topological polar surface area (TPSA) is 116 Å². The van der Waals surface area contributed by atoms with E-state index in [-0.39, 0.29) is 30.8 Å². The van der Waals surface area contributed by atoms with Gasteiger partial charge in [0, 0.05) is 18.8 Å². The summed E-state index contributed by atoms with van der Waals surface area (Å²) >= 11 is 0. The van der Waals surface area contributed by atoms with Gasteiger partial charge >= 0.3 is 12.1 Å². The number of rotatable bonds is 5. The highest BCUT2D eigenvalue weighted by atomic mass is 16.7. The molecule has 0 spiro atoms. The second-order valence-electron chi connectivity index (χ2n) is 7.56. The Bertz CT molecular complexity index is 893. The third kappa shape index (κ3) is 5.65. The van der Waals surface area contributed by atoms with Crippen molar-refractivity contribution in [3.63, 3.8) is 0 Å². The van der Waals surface area contributed by atoms with Crippen molar-refractivity contribution in [1.29, 1.82) is 0 Å². The minimum Gasteiger partial charge on any atom is -0.466 e. The first-order valence-electron chi connectivity index (χ1n) is 10.1. The van der Waals surface area contributed by atoms with Crippen molar-refractivity contribution < 1.29 is 28.6 Å². The van der Waals surface area contributed by atoms with Crippen molar-refractivity contribution >= 4 is 18.0 Å². The number of nitrogens with one attached hydrogen (secondary N) is 1. The average molecular weight is 435 g/mol. The molecule has 31 heavy (non-hydrogen) atoms. The normalized spacial score (nSPS) is 17.2. The van der Waals surface area contributed by atoms with Crippen LogP contribution in [0.25, 0.3) is 0 Å². The van der Waals surface area contributed by atoms with Gasteiger partial charge < -0.3 is 24.5 Å². The number of hydrogen-bond acceptors (Lipinski definition) is 8. The van der Waals surface area contributed by atoms with Gasteiger partial charge in [0.05, 0.1) is 13.0 Å².